The molecule has 0 aliphatic rings. The number of carbonyl (C=O) groups is 3. The van der Waals surface area contributed by atoms with Crippen molar-refractivity contribution in [1.29, 1.82) is 0 Å². The Morgan fingerprint density at radius 2 is 1.72 bits per heavy atom. The van der Waals surface area contributed by atoms with E-state index < -0.39 is 18.5 Å². The van der Waals surface area contributed by atoms with E-state index in [1.54, 1.807) is 49.1 Å². The van der Waals surface area contributed by atoms with Crippen LogP contribution in [0.3, 0.4) is 0 Å². The predicted octanol–water partition coefficient (Wildman–Crippen LogP) is 3.63. The van der Waals surface area contributed by atoms with Crippen molar-refractivity contribution in [2.75, 3.05) is 25.0 Å². The van der Waals surface area contributed by atoms with Crippen molar-refractivity contribution in [3.05, 3.63) is 57.9 Å². The molecular formula is C21H24ClN3O4. The molecule has 1 N–H and O–H groups in total. The van der Waals surface area contributed by atoms with E-state index in [9.17, 15) is 14.4 Å². The second-order valence-electron chi connectivity index (χ2n) is 6.43. The second-order valence-corrected chi connectivity index (χ2v) is 6.78. The number of esters is 1. The van der Waals surface area contributed by atoms with Gasteiger partial charge in [0.15, 0.2) is 6.61 Å². The van der Waals surface area contributed by atoms with Crippen molar-refractivity contribution in [3.63, 3.8) is 0 Å². The van der Waals surface area contributed by atoms with Crippen molar-refractivity contribution in [1.82, 2.24) is 9.88 Å². The van der Waals surface area contributed by atoms with E-state index in [1.165, 1.54) is 0 Å². The molecule has 0 saturated carbocycles. The number of ether oxygens (including phenoxy) is 1. The number of hydrogen-bond donors (Lipinski definition) is 1. The number of aromatic nitrogens is 1. The van der Waals surface area contributed by atoms with E-state index in [1.807, 2.05) is 13.8 Å². The van der Waals surface area contributed by atoms with Crippen LogP contribution in [-0.2, 0) is 9.53 Å². The number of aryl methyl sites for hydroxylation is 2. The Labute approximate surface area is 175 Å². The maximum absolute atomic E-state index is 12.3. The normalized spacial score (nSPS) is 10.4. The smallest absolute Gasteiger partial charge is 0.342 e. The zero-order valence-corrected chi connectivity index (χ0v) is 17.7. The number of halogens is 1. The molecule has 0 bridgehead atoms. The number of nitrogens with zero attached hydrogens (tertiary/aromatic N) is 2. The molecule has 1 aromatic heterocycles. The molecule has 0 aliphatic carbocycles. The topological polar surface area (TPSA) is 88.6 Å². The summed E-state index contributed by atoms with van der Waals surface area (Å²) >= 11 is 6.01. The van der Waals surface area contributed by atoms with Gasteiger partial charge >= 0.3 is 5.97 Å². The fraction of sp³-hybridized carbons (Fsp3) is 0.333. The van der Waals surface area contributed by atoms with Gasteiger partial charge in [-0.3, -0.25) is 9.59 Å². The molecular weight excluding hydrogens is 394 g/mol. The van der Waals surface area contributed by atoms with E-state index >= 15 is 0 Å². The Morgan fingerprint density at radius 1 is 1.10 bits per heavy atom. The molecule has 0 fully saturated rings. The number of amides is 2. The zero-order valence-electron chi connectivity index (χ0n) is 16.9. The van der Waals surface area contributed by atoms with Crippen LogP contribution in [0.25, 0.3) is 0 Å². The first kappa shape index (κ1) is 22.4. The quantitative estimate of drug-likeness (QED) is 0.549. The van der Waals surface area contributed by atoms with Crippen molar-refractivity contribution < 1.29 is 19.1 Å². The number of nitrogens with one attached hydrogen (secondary N) is 1. The molecule has 0 spiro atoms. The first-order chi connectivity index (χ1) is 13.8. The summed E-state index contributed by atoms with van der Waals surface area (Å²) in [5, 5.41) is 2.66. The molecule has 1 aromatic carbocycles. The third-order valence-corrected chi connectivity index (χ3v) is 4.58. The highest BCUT2D eigenvalue weighted by Gasteiger charge is 2.18. The van der Waals surface area contributed by atoms with Gasteiger partial charge in [0, 0.05) is 30.0 Å². The molecule has 29 heavy (non-hydrogen) atoms. The van der Waals surface area contributed by atoms with Crippen LogP contribution in [0.5, 0.6) is 0 Å². The average Bonchev–Trinajstić information content (AvgIpc) is 2.67. The Morgan fingerprint density at radius 3 is 2.28 bits per heavy atom. The van der Waals surface area contributed by atoms with Gasteiger partial charge in [0.05, 0.1) is 5.56 Å². The molecule has 2 amide bonds. The minimum absolute atomic E-state index is 0.0429. The molecule has 2 aromatic rings. The first-order valence-electron chi connectivity index (χ1n) is 9.26. The van der Waals surface area contributed by atoms with Crippen molar-refractivity contribution in [2.24, 2.45) is 0 Å². The van der Waals surface area contributed by atoms with Crippen LogP contribution in [0, 0.1) is 13.8 Å². The molecule has 7 nitrogen and oxygen atoms in total. The summed E-state index contributed by atoms with van der Waals surface area (Å²) in [4.78, 5) is 42.3. The number of carbonyl (C=O) groups excluding carboxylic acids is 3. The van der Waals surface area contributed by atoms with E-state index in [4.69, 9.17) is 16.3 Å². The summed E-state index contributed by atoms with van der Waals surface area (Å²) in [6.45, 7) is 8.10. The first-order valence-corrected chi connectivity index (χ1v) is 9.64. The van der Waals surface area contributed by atoms with Gasteiger partial charge in [-0.05, 0) is 63.6 Å². The highest BCUT2D eigenvalue weighted by molar-refractivity contribution is 6.32. The predicted molar refractivity (Wildman–Crippen MR) is 111 cm³/mol. The van der Waals surface area contributed by atoms with E-state index in [2.05, 4.69) is 10.3 Å². The fourth-order valence-corrected chi connectivity index (χ4v) is 3.19. The Bertz CT molecular complexity index is 886. The van der Waals surface area contributed by atoms with E-state index in [-0.39, 0.29) is 16.6 Å². The van der Waals surface area contributed by atoms with Gasteiger partial charge in [0.2, 0.25) is 0 Å². The molecule has 0 saturated heterocycles. The lowest BCUT2D eigenvalue weighted by Gasteiger charge is -2.18. The van der Waals surface area contributed by atoms with Crippen molar-refractivity contribution in [2.45, 2.75) is 27.7 Å². The summed E-state index contributed by atoms with van der Waals surface area (Å²) < 4.78 is 5.05. The summed E-state index contributed by atoms with van der Waals surface area (Å²) in [6, 6.07) is 8.25. The third-order valence-electron chi connectivity index (χ3n) is 4.31. The minimum atomic E-state index is -0.713. The Balaban J connectivity index is 1.94. The van der Waals surface area contributed by atoms with Gasteiger partial charge in [-0.15, -0.1) is 0 Å². The molecule has 8 heteroatoms. The summed E-state index contributed by atoms with van der Waals surface area (Å²) in [5.41, 5.74) is 2.49. The van der Waals surface area contributed by atoms with Gasteiger partial charge in [0.1, 0.15) is 5.15 Å². The lowest BCUT2D eigenvalue weighted by atomic mass is 10.1. The van der Waals surface area contributed by atoms with Crippen LogP contribution in [0.15, 0.2) is 30.3 Å². The molecule has 0 aliphatic heterocycles. The van der Waals surface area contributed by atoms with Crippen LogP contribution in [0.1, 0.15) is 45.8 Å². The van der Waals surface area contributed by atoms with E-state index in [0.29, 0.717) is 35.6 Å². The molecule has 0 unspecified atom stereocenters. The lowest BCUT2D eigenvalue weighted by Crippen LogP contribution is -2.30. The Kier molecular flexibility index (Phi) is 7.73. The summed E-state index contributed by atoms with van der Waals surface area (Å²) in [5.74, 6) is -1.29. The average molecular weight is 418 g/mol. The highest BCUT2D eigenvalue weighted by Crippen LogP contribution is 2.19. The Hall–Kier alpha value is -2.93. The fourth-order valence-electron chi connectivity index (χ4n) is 2.83. The van der Waals surface area contributed by atoms with E-state index in [0.717, 1.165) is 0 Å². The highest BCUT2D eigenvalue weighted by atomic mass is 35.5. The number of pyridine rings is 1. The van der Waals surface area contributed by atoms with Crippen LogP contribution in [0.4, 0.5) is 5.69 Å². The largest absolute Gasteiger partial charge is 0.452 e. The van der Waals surface area contributed by atoms with Gasteiger partial charge in [-0.25, -0.2) is 9.78 Å². The number of anilines is 1. The van der Waals surface area contributed by atoms with Crippen LogP contribution in [-0.4, -0.2) is 47.4 Å². The number of benzene rings is 1. The monoisotopic (exact) mass is 417 g/mol. The zero-order chi connectivity index (χ0) is 21.6. The number of hydrogen-bond acceptors (Lipinski definition) is 5. The molecule has 2 rings (SSSR count). The maximum Gasteiger partial charge on any atom is 0.342 e. The van der Waals surface area contributed by atoms with Crippen LogP contribution >= 0.6 is 11.6 Å². The van der Waals surface area contributed by atoms with Gasteiger partial charge in [-0.1, -0.05) is 11.6 Å². The molecule has 154 valence electrons. The molecule has 0 atom stereocenters. The minimum Gasteiger partial charge on any atom is -0.452 e. The standard InChI is InChI=1S/C21H24ClN3O4/c1-5-25(6-2)20(27)15-7-9-16(10-8-15)24-17(26)12-29-21(28)18-13(3)11-14(4)23-19(18)22/h7-11H,5-6,12H2,1-4H3,(H,24,26). The summed E-state index contributed by atoms with van der Waals surface area (Å²) in [7, 11) is 0. The van der Waals surface area contributed by atoms with Gasteiger partial charge in [-0.2, -0.15) is 0 Å². The maximum atomic E-state index is 12.3. The number of rotatable bonds is 7. The lowest BCUT2D eigenvalue weighted by molar-refractivity contribution is -0.119. The summed E-state index contributed by atoms with van der Waals surface area (Å²) in [6.07, 6.45) is 0. The second kappa shape index (κ2) is 10.0. The SMILES string of the molecule is CCN(CC)C(=O)c1ccc(NC(=O)COC(=O)c2c(C)cc(C)nc2Cl)cc1. The molecule has 0 radical (unpaired) electrons. The van der Waals surface area contributed by atoms with Gasteiger partial charge in [0.25, 0.3) is 11.8 Å². The van der Waals surface area contributed by atoms with Crippen LogP contribution in [0.2, 0.25) is 5.15 Å². The van der Waals surface area contributed by atoms with Crippen LogP contribution < -0.4 is 5.32 Å². The van der Waals surface area contributed by atoms with Crippen molar-refractivity contribution in [3.8, 4) is 0 Å². The third kappa shape index (κ3) is 5.77. The van der Waals surface area contributed by atoms with Crippen molar-refractivity contribution >= 4 is 35.1 Å². The molecule has 1 heterocycles. The van der Waals surface area contributed by atoms with Gasteiger partial charge < -0.3 is 15.0 Å².